The summed E-state index contributed by atoms with van der Waals surface area (Å²) in [7, 11) is 3.04. The van der Waals surface area contributed by atoms with Gasteiger partial charge in [0, 0.05) is 43.7 Å². The first-order chi connectivity index (χ1) is 23.2. The molecule has 5 rings (SSSR count). The summed E-state index contributed by atoms with van der Waals surface area (Å²) in [5.41, 5.74) is 2.75. The van der Waals surface area contributed by atoms with E-state index in [0.29, 0.717) is 54.7 Å². The largest absolute Gasteiger partial charge is 0.497 e. The first-order valence-corrected chi connectivity index (χ1v) is 16.9. The van der Waals surface area contributed by atoms with Crippen LogP contribution in [0.1, 0.15) is 15.9 Å². The lowest BCUT2D eigenvalue weighted by Gasteiger charge is -2.13. The van der Waals surface area contributed by atoms with E-state index < -0.39 is 11.8 Å². The molecule has 0 saturated carbocycles. The van der Waals surface area contributed by atoms with Gasteiger partial charge < -0.3 is 25.4 Å². The topological polar surface area (TPSA) is 119 Å². The molecule has 244 valence electrons. The summed E-state index contributed by atoms with van der Waals surface area (Å²) in [4.78, 5) is 44.6. The minimum absolute atomic E-state index is 0.00698. The van der Waals surface area contributed by atoms with Crippen molar-refractivity contribution in [2.75, 3.05) is 30.6 Å². The van der Waals surface area contributed by atoms with Crippen LogP contribution in [0.4, 0.5) is 10.8 Å². The Balaban J connectivity index is 1.26. The average Bonchev–Trinajstić information content (AvgIpc) is 3.55. The summed E-state index contributed by atoms with van der Waals surface area (Å²) in [5.74, 6) is -0.136. The normalized spacial score (nSPS) is 11.0. The van der Waals surface area contributed by atoms with Gasteiger partial charge in [0.25, 0.3) is 11.8 Å². The number of carbonyl (C=O) groups is 3. The Morgan fingerprint density at radius 3 is 2.46 bits per heavy atom. The molecule has 48 heavy (non-hydrogen) atoms. The Kier molecular flexibility index (Phi) is 11.8. The molecule has 0 bridgehead atoms. The highest BCUT2D eigenvalue weighted by Crippen LogP contribution is 2.33. The number of hydrogen-bond donors (Lipinski definition) is 3. The number of halogens is 2. The number of thioether (sulfide) groups is 1. The molecule has 13 heteroatoms. The van der Waals surface area contributed by atoms with E-state index in [2.05, 4.69) is 20.9 Å². The molecule has 9 nitrogen and oxygen atoms in total. The first-order valence-electron chi connectivity index (χ1n) is 14.3. The number of methoxy groups -OCH3 is 2. The minimum atomic E-state index is -0.558. The molecule has 0 unspecified atom stereocenters. The molecule has 0 spiro atoms. The molecule has 5 aromatic rings. The summed E-state index contributed by atoms with van der Waals surface area (Å²) in [6.07, 6.45) is 1.53. The smallest absolute Gasteiger partial charge is 0.272 e. The van der Waals surface area contributed by atoms with Crippen LogP contribution in [0.3, 0.4) is 0 Å². The number of carbonyl (C=O) groups excluding carboxylic acids is 3. The molecule has 0 atom stereocenters. The molecule has 3 amide bonds. The fourth-order valence-electron chi connectivity index (χ4n) is 4.35. The Hall–Kier alpha value is -4.81. The van der Waals surface area contributed by atoms with Crippen molar-refractivity contribution in [2.24, 2.45) is 0 Å². The van der Waals surface area contributed by atoms with Crippen molar-refractivity contribution in [3.8, 4) is 22.8 Å². The van der Waals surface area contributed by atoms with Crippen LogP contribution in [0.15, 0.2) is 107 Å². The van der Waals surface area contributed by atoms with Crippen molar-refractivity contribution in [1.29, 1.82) is 0 Å². The average molecular weight is 720 g/mol. The van der Waals surface area contributed by atoms with Gasteiger partial charge in [-0.15, -0.1) is 23.1 Å². The number of rotatable bonds is 12. The minimum Gasteiger partial charge on any atom is -0.497 e. The first kappa shape index (κ1) is 34.5. The van der Waals surface area contributed by atoms with Crippen molar-refractivity contribution < 1.29 is 23.9 Å². The number of hydrogen-bond acceptors (Lipinski definition) is 8. The Morgan fingerprint density at radius 2 is 1.71 bits per heavy atom. The lowest BCUT2D eigenvalue weighted by molar-refractivity contribution is -0.114. The van der Waals surface area contributed by atoms with Crippen LogP contribution < -0.4 is 25.4 Å². The van der Waals surface area contributed by atoms with Gasteiger partial charge in [-0.05, 0) is 66.7 Å². The van der Waals surface area contributed by atoms with Crippen LogP contribution in [-0.2, 0) is 9.59 Å². The molecule has 1 aromatic heterocycles. The molecule has 4 aromatic carbocycles. The van der Waals surface area contributed by atoms with Crippen LogP contribution in [-0.4, -0.2) is 42.7 Å². The van der Waals surface area contributed by atoms with Gasteiger partial charge in [-0.25, -0.2) is 4.98 Å². The Bertz CT molecular complexity index is 1990. The van der Waals surface area contributed by atoms with Crippen molar-refractivity contribution in [2.45, 2.75) is 4.90 Å². The third-order valence-corrected chi connectivity index (χ3v) is 8.99. The standard InChI is InChI=1S/C35H28Cl2N4O5S2/c1-45-25-13-11-22(31(18-25)46-2)15-29(39-33(43)21-7-4-3-5-8-21)34(44)38-24-9-6-10-26(17-24)47-20-32(42)41-35-40-30(19-48-35)27-14-12-23(36)16-28(27)37/h3-19H,20H2,1-2H3,(H,38,44)(H,39,43)(H,40,41,42)/b29-15+. The maximum Gasteiger partial charge on any atom is 0.272 e. The molecular formula is C35H28Cl2N4O5S2. The maximum absolute atomic E-state index is 13.6. The van der Waals surface area contributed by atoms with E-state index in [9.17, 15) is 14.4 Å². The number of nitrogens with one attached hydrogen (secondary N) is 3. The zero-order chi connectivity index (χ0) is 34.0. The predicted octanol–water partition coefficient (Wildman–Crippen LogP) is 8.27. The van der Waals surface area contributed by atoms with Gasteiger partial charge in [-0.2, -0.15) is 0 Å². The van der Waals surface area contributed by atoms with Crippen molar-refractivity contribution in [3.63, 3.8) is 0 Å². The second kappa shape index (κ2) is 16.3. The SMILES string of the molecule is COc1ccc(/C=C(/NC(=O)c2ccccc2)C(=O)Nc2cccc(SCC(=O)Nc3nc(-c4ccc(Cl)cc4Cl)cs3)c2)c(OC)c1. The van der Waals surface area contributed by atoms with E-state index in [4.69, 9.17) is 32.7 Å². The maximum atomic E-state index is 13.6. The molecule has 1 heterocycles. The van der Waals surface area contributed by atoms with Gasteiger partial charge in [0.05, 0.1) is 30.7 Å². The molecule has 3 N–H and O–H groups in total. The highest BCUT2D eigenvalue weighted by atomic mass is 35.5. The van der Waals surface area contributed by atoms with E-state index in [0.717, 1.165) is 4.90 Å². The van der Waals surface area contributed by atoms with Crippen molar-refractivity contribution in [1.82, 2.24) is 10.3 Å². The van der Waals surface area contributed by atoms with Gasteiger partial charge in [-0.3, -0.25) is 14.4 Å². The Labute approximate surface area is 295 Å². The highest BCUT2D eigenvalue weighted by Gasteiger charge is 2.17. The third-order valence-electron chi connectivity index (χ3n) is 6.69. The summed E-state index contributed by atoms with van der Waals surface area (Å²) < 4.78 is 10.8. The van der Waals surface area contributed by atoms with Crippen LogP contribution in [0, 0.1) is 0 Å². The zero-order valence-corrected chi connectivity index (χ0v) is 28.7. The van der Waals surface area contributed by atoms with Gasteiger partial charge in [0.2, 0.25) is 5.91 Å². The molecule has 0 radical (unpaired) electrons. The summed E-state index contributed by atoms with van der Waals surface area (Å²) in [6, 6.07) is 25.9. The molecule has 0 aliphatic rings. The van der Waals surface area contributed by atoms with E-state index in [-0.39, 0.29) is 17.4 Å². The number of ether oxygens (including phenoxy) is 2. The molecule has 0 saturated heterocycles. The number of benzene rings is 4. The fourth-order valence-corrected chi connectivity index (χ4v) is 6.34. The molecular weight excluding hydrogens is 691 g/mol. The van der Waals surface area contributed by atoms with Crippen molar-refractivity contribution >= 4 is 80.9 Å². The van der Waals surface area contributed by atoms with E-state index in [1.807, 2.05) is 6.07 Å². The number of nitrogens with zero attached hydrogens (tertiary/aromatic N) is 1. The number of anilines is 2. The lowest BCUT2D eigenvalue weighted by atomic mass is 10.1. The lowest BCUT2D eigenvalue weighted by Crippen LogP contribution is -2.30. The summed E-state index contributed by atoms with van der Waals surface area (Å²) in [5, 5.41) is 11.6. The van der Waals surface area contributed by atoms with E-state index >= 15 is 0 Å². The van der Waals surface area contributed by atoms with Crippen LogP contribution in [0.25, 0.3) is 17.3 Å². The van der Waals surface area contributed by atoms with Gasteiger partial charge in [0.1, 0.15) is 17.2 Å². The monoisotopic (exact) mass is 718 g/mol. The second-order valence-corrected chi connectivity index (χ2v) is 12.7. The molecule has 0 aliphatic carbocycles. The van der Waals surface area contributed by atoms with Gasteiger partial charge in [0.15, 0.2) is 5.13 Å². The zero-order valence-electron chi connectivity index (χ0n) is 25.6. The second-order valence-electron chi connectivity index (χ2n) is 9.97. The molecule has 0 fully saturated rings. The number of aromatic nitrogens is 1. The summed E-state index contributed by atoms with van der Waals surface area (Å²) >= 11 is 14.9. The predicted molar refractivity (Wildman–Crippen MR) is 193 cm³/mol. The summed E-state index contributed by atoms with van der Waals surface area (Å²) in [6.45, 7) is 0. The molecule has 0 aliphatic heterocycles. The quantitative estimate of drug-likeness (QED) is 0.0878. The number of thiazole rings is 1. The van der Waals surface area contributed by atoms with Gasteiger partial charge in [-0.1, -0.05) is 47.5 Å². The fraction of sp³-hybridized carbons (Fsp3) is 0.0857. The Morgan fingerprint density at radius 1 is 0.896 bits per heavy atom. The van der Waals surface area contributed by atoms with Gasteiger partial charge >= 0.3 is 0 Å². The van der Waals surface area contributed by atoms with Crippen LogP contribution in [0.5, 0.6) is 11.5 Å². The van der Waals surface area contributed by atoms with Crippen LogP contribution >= 0.6 is 46.3 Å². The van der Waals surface area contributed by atoms with Crippen LogP contribution in [0.2, 0.25) is 10.0 Å². The van der Waals surface area contributed by atoms with Crippen molar-refractivity contribution in [3.05, 3.63) is 123 Å². The van der Waals surface area contributed by atoms with E-state index in [1.54, 1.807) is 97.4 Å². The number of amides is 3. The highest BCUT2D eigenvalue weighted by molar-refractivity contribution is 8.00. The third kappa shape index (κ3) is 9.17. The van der Waals surface area contributed by atoms with E-state index in [1.165, 1.54) is 36.3 Å².